The Morgan fingerprint density at radius 2 is 2.20 bits per heavy atom. The van der Waals surface area contributed by atoms with Crippen LogP contribution >= 0.6 is 11.6 Å². The summed E-state index contributed by atoms with van der Waals surface area (Å²) in [6.45, 7) is 1.90. The van der Waals surface area contributed by atoms with E-state index in [0.717, 1.165) is 0 Å². The van der Waals surface area contributed by atoms with Gasteiger partial charge < -0.3 is 0 Å². The second kappa shape index (κ2) is 3.60. The first kappa shape index (κ1) is 10.6. The summed E-state index contributed by atoms with van der Waals surface area (Å²) in [4.78, 5) is 11.3. The Labute approximate surface area is 93.2 Å². The zero-order chi connectivity index (χ0) is 11.1. The molecule has 0 amide bonds. The molecule has 1 saturated carbocycles. The van der Waals surface area contributed by atoms with Gasteiger partial charge in [0.05, 0.1) is 0 Å². The molecule has 0 aromatic heterocycles. The molecule has 15 heavy (non-hydrogen) atoms. The molecule has 2 rings (SSSR count). The maximum absolute atomic E-state index is 13.7. The van der Waals surface area contributed by atoms with E-state index in [2.05, 4.69) is 0 Å². The first-order valence-electron chi connectivity index (χ1n) is 4.99. The third-order valence-electron chi connectivity index (χ3n) is 3.11. The maximum atomic E-state index is 13.7. The molecule has 0 radical (unpaired) electrons. The monoisotopic (exact) mass is 226 g/mol. The van der Waals surface area contributed by atoms with Crippen molar-refractivity contribution >= 4 is 17.4 Å². The third-order valence-corrected chi connectivity index (χ3v) is 3.42. The van der Waals surface area contributed by atoms with Gasteiger partial charge in [0.1, 0.15) is 11.6 Å². The summed E-state index contributed by atoms with van der Waals surface area (Å²) in [7, 11) is 0. The number of benzene rings is 1. The molecule has 0 spiro atoms. The largest absolute Gasteiger partial charge is 0.300 e. The van der Waals surface area contributed by atoms with Crippen molar-refractivity contribution in [1.82, 2.24) is 0 Å². The zero-order valence-electron chi connectivity index (χ0n) is 8.52. The van der Waals surface area contributed by atoms with Crippen molar-refractivity contribution in [1.29, 1.82) is 0 Å². The first-order chi connectivity index (χ1) is 7.03. The summed E-state index contributed by atoms with van der Waals surface area (Å²) in [6, 6.07) is 4.66. The van der Waals surface area contributed by atoms with Crippen molar-refractivity contribution < 1.29 is 9.18 Å². The smallest absolute Gasteiger partial charge is 0.133 e. The van der Waals surface area contributed by atoms with Gasteiger partial charge >= 0.3 is 0 Å². The lowest BCUT2D eigenvalue weighted by atomic mass is 9.80. The van der Waals surface area contributed by atoms with E-state index in [1.807, 2.05) is 6.92 Å². The van der Waals surface area contributed by atoms with E-state index >= 15 is 0 Å². The Morgan fingerprint density at radius 1 is 1.47 bits per heavy atom. The summed E-state index contributed by atoms with van der Waals surface area (Å²) in [5, 5.41) is 0.423. The number of rotatable bonds is 1. The average Bonchev–Trinajstić information content (AvgIpc) is 2.46. The van der Waals surface area contributed by atoms with Crippen LogP contribution in [0.25, 0.3) is 0 Å². The van der Waals surface area contributed by atoms with Crippen LogP contribution in [0.3, 0.4) is 0 Å². The van der Waals surface area contributed by atoms with Crippen LogP contribution in [0.15, 0.2) is 18.2 Å². The van der Waals surface area contributed by atoms with Gasteiger partial charge in [-0.15, -0.1) is 0 Å². The number of hydrogen-bond acceptors (Lipinski definition) is 1. The van der Waals surface area contributed by atoms with Gasteiger partial charge in [-0.25, -0.2) is 4.39 Å². The Bertz CT molecular complexity index is 396. The second-order valence-electron chi connectivity index (χ2n) is 4.37. The molecule has 80 valence electrons. The lowest BCUT2D eigenvalue weighted by Gasteiger charge is -2.24. The standard InChI is InChI=1S/C12H12ClFO/c1-12(6-5-8(15)7-12)11-9(13)3-2-4-10(11)14/h2-4H,5-7H2,1H3. The van der Waals surface area contributed by atoms with Crippen LogP contribution in [0.5, 0.6) is 0 Å². The van der Waals surface area contributed by atoms with Gasteiger partial charge in [-0.1, -0.05) is 24.6 Å². The van der Waals surface area contributed by atoms with Crippen molar-refractivity contribution in [3.8, 4) is 0 Å². The van der Waals surface area contributed by atoms with Crippen molar-refractivity contribution in [2.24, 2.45) is 0 Å². The minimum Gasteiger partial charge on any atom is -0.300 e. The van der Waals surface area contributed by atoms with Gasteiger partial charge in [-0.2, -0.15) is 0 Å². The Kier molecular flexibility index (Phi) is 2.55. The van der Waals surface area contributed by atoms with E-state index in [4.69, 9.17) is 11.6 Å². The molecule has 1 aliphatic carbocycles. The molecule has 1 aromatic carbocycles. The van der Waals surface area contributed by atoms with Gasteiger partial charge in [0.15, 0.2) is 0 Å². The van der Waals surface area contributed by atoms with Gasteiger partial charge in [0.25, 0.3) is 0 Å². The highest BCUT2D eigenvalue weighted by molar-refractivity contribution is 6.31. The topological polar surface area (TPSA) is 17.1 Å². The van der Waals surface area contributed by atoms with Gasteiger partial charge in [-0.05, 0) is 18.6 Å². The number of halogens is 2. The highest BCUT2D eigenvalue weighted by Gasteiger charge is 2.38. The van der Waals surface area contributed by atoms with Gasteiger partial charge in [0, 0.05) is 28.8 Å². The van der Waals surface area contributed by atoms with Crippen molar-refractivity contribution in [2.45, 2.75) is 31.6 Å². The van der Waals surface area contributed by atoms with E-state index in [-0.39, 0.29) is 11.6 Å². The molecule has 1 nitrogen and oxygen atoms in total. The summed E-state index contributed by atoms with van der Waals surface area (Å²) in [5.41, 5.74) is 0.0805. The Balaban J connectivity index is 2.49. The predicted molar refractivity (Wildman–Crippen MR) is 57.6 cm³/mol. The Hall–Kier alpha value is -0.890. The molecule has 1 atom stereocenters. The fourth-order valence-electron chi connectivity index (χ4n) is 2.32. The minimum atomic E-state index is -0.417. The highest BCUT2D eigenvalue weighted by atomic mass is 35.5. The van der Waals surface area contributed by atoms with Crippen molar-refractivity contribution in [2.75, 3.05) is 0 Å². The van der Waals surface area contributed by atoms with Crippen LogP contribution in [0.2, 0.25) is 5.02 Å². The highest BCUT2D eigenvalue weighted by Crippen LogP contribution is 2.42. The summed E-state index contributed by atoms with van der Waals surface area (Å²) >= 11 is 6.00. The van der Waals surface area contributed by atoms with Crippen LogP contribution in [-0.4, -0.2) is 5.78 Å². The number of Topliss-reactive ketones (excluding diaryl/α,β-unsaturated/α-hetero) is 1. The molecule has 0 N–H and O–H groups in total. The van der Waals surface area contributed by atoms with Crippen LogP contribution in [-0.2, 0) is 10.2 Å². The summed E-state index contributed by atoms with van der Waals surface area (Å²) in [6.07, 6.45) is 1.61. The van der Waals surface area contributed by atoms with Crippen LogP contribution in [0.1, 0.15) is 31.7 Å². The summed E-state index contributed by atoms with van der Waals surface area (Å²) in [5.74, 6) is -0.114. The van der Waals surface area contributed by atoms with E-state index in [1.165, 1.54) is 6.07 Å². The normalized spacial score (nSPS) is 25.9. The third kappa shape index (κ3) is 1.78. The Morgan fingerprint density at radius 3 is 2.73 bits per heavy atom. The fourth-order valence-corrected chi connectivity index (χ4v) is 2.71. The molecule has 1 aliphatic rings. The zero-order valence-corrected chi connectivity index (χ0v) is 9.27. The van der Waals surface area contributed by atoms with Crippen LogP contribution < -0.4 is 0 Å². The predicted octanol–water partition coefficient (Wildman–Crippen LogP) is 3.49. The number of hydrogen-bond donors (Lipinski definition) is 0. The summed E-state index contributed by atoms with van der Waals surface area (Å²) < 4.78 is 13.7. The van der Waals surface area contributed by atoms with E-state index in [9.17, 15) is 9.18 Å². The van der Waals surface area contributed by atoms with Crippen LogP contribution in [0.4, 0.5) is 4.39 Å². The molecule has 1 fully saturated rings. The molecule has 0 aliphatic heterocycles. The number of ketones is 1. The maximum Gasteiger partial charge on any atom is 0.133 e. The van der Waals surface area contributed by atoms with Gasteiger partial charge in [-0.3, -0.25) is 4.79 Å². The molecule has 0 heterocycles. The molecule has 3 heteroatoms. The second-order valence-corrected chi connectivity index (χ2v) is 4.78. The SMILES string of the molecule is CC1(c2c(F)cccc2Cl)CCC(=O)C1. The molecular formula is C12H12ClFO. The number of carbonyl (C=O) groups excluding carboxylic acids is 1. The molecular weight excluding hydrogens is 215 g/mol. The molecule has 1 aromatic rings. The molecule has 1 unspecified atom stereocenters. The van der Waals surface area contributed by atoms with Crippen LogP contribution in [0, 0.1) is 5.82 Å². The number of carbonyl (C=O) groups is 1. The minimum absolute atomic E-state index is 0.191. The van der Waals surface area contributed by atoms with Crippen molar-refractivity contribution in [3.63, 3.8) is 0 Å². The first-order valence-corrected chi connectivity index (χ1v) is 5.37. The quantitative estimate of drug-likeness (QED) is 0.717. The van der Waals surface area contributed by atoms with E-state index in [1.54, 1.807) is 12.1 Å². The fraction of sp³-hybridized carbons (Fsp3) is 0.417. The lowest BCUT2D eigenvalue weighted by Crippen LogP contribution is -2.20. The molecule has 0 bridgehead atoms. The van der Waals surface area contributed by atoms with E-state index in [0.29, 0.717) is 29.8 Å². The lowest BCUT2D eigenvalue weighted by molar-refractivity contribution is -0.117. The molecule has 0 saturated heterocycles. The van der Waals surface area contributed by atoms with Crippen molar-refractivity contribution in [3.05, 3.63) is 34.6 Å². The van der Waals surface area contributed by atoms with Gasteiger partial charge in [0.2, 0.25) is 0 Å². The average molecular weight is 227 g/mol. The van der Waals surface area contributed by atoms with E-state index < -0.39 is 5.41 Å².